The van der Waals surface area contributed by atoms with Gasteiger partial charge in [-0.15, -0.1) is 0 Å². The van der Waals surface area contributed by atoms with Crippen molar-refractivity contribution in [3.05, 3.63) is 12.3 Å². The average molecular weight is 763 g/mol. The van der Waals surface area contributed by atoms with Gasteiger partial charge in [0.1, 0.15) is 6.10 Å². The van der Waals surface area contributed by atoms with E-state index in [2.05, 4.69) is 32.3 Å². The van der Waals surface area contributed by atoms with Crippen molar-refractivity contribution in [3.63, 3.8) is 0 Å². The number of hydrogen-bond donors (Lipinski definition) is 1. The van der Waals surface area contributed by atoms with Gasteiger partial charge in [-0.25, -0.2) is 0 Å². The van der Waals surface area contributed by atoms with Crippen LogP contribution in [0.4, 0.5) is 0 Å². The zero-order valence-corrected chi connectivity index (χ0v) is 36.7. The van der Waals surface area contributed by atoms with E-state index in [0.717, 1.165) is 89.5 Å². The number of carbonyl (C=O) groups excluding carboxylic acids is 2. The summed E-state index contributed by atoms with van der Waals surface area (Å²) in [6.45, 7) is 14.7. The van der Waals surface area contributed by atoms with Crippen molar-refractivity contribution in [2.24, 2.45) is 5.73 Å². The highest BCUT2D eigenvalue weighted by molar-refractivity contribution is 5.69. The summed E-state index contributed by atoms with van der Waals surface area (Å²) in [7, 11) is 0. The van der Waals surface area contributed by atoms with Crippen molar-refractivity contribution in [1.82, 2.24) is 4.90 Å². The lowest BCUT2D eigenvalue weighted by Crippen LogP contribution is -2.27. The minimum absolute atomic E-state index is 0.0153. The van der Waals surface area contributed by atoms with Gasteiger partial charge in [0.25, 0.3) is 0 Å². The summed E-state index contributed by atoms with van der Waals surface area (Å²) >= 11 is 0. The van der Waals surface area contributed by atoms with E-state index in [1.54, 1.807) is 0 Å². The van der Waals surface area contributed by atoms with Crippen molar-refractivity contribution in [3.8, 4) is 0 Å². The summed E-state index contributed by atoms with van der Waals surface area (Å²) in [4.78, 5) is 27.5. The summed E-state index contributed by atoms with van der Waals surface area (Å²) < 4.78 is 11.5. The molecule has 0 aliphatic heterocycles. The number of carbonyl (C=O) groups is 2. The summed E-state index contributed by atoms with van der Waals surface area (Å²) in [5.74, 6) is 0.0144. The molecule has 6 nitrogen and oxygen atoms in total. The minimum Gasteiger partial charge on any atom is -0.466 e. The molecule has 0 saturated carbocycles. The van der Waals surface area contributed by atoms with Crippen molar-refractivity contribution < 1.29 is 19.1 Å². The lowest BCUT2D eigenvalue weighted by atomic mass is 10.0. The number of hydrogen-bond acceptors (Lipinski definition) is 6. The number of nitrogens with zero attached hydrogens (tertiary/aromatic N) is 1. The lowest BCUT2D eigenvalue weighted by Gasteiger charge is -2.22. The van der Waals surface area contributed by atoms with Crippen LogP contribution in [0.15, 0.2) is 12.3 Å². The second kappa shape index (κ2) is 42.6. The Labute approximate surface area is 337 Å². The Balaban J connectivity index is 4.23. The zero-order valence-electron chi connectivity index (χ0n) is 36.7. The predicted octanol–water partition coefficient (Wildman–Crippen LogP) is 14.3. The monoisotopic (exact) mass is 763 g/mol. The molecular formula is C48H94N2O4. The Kier molecular flexibility index (Phi) is 41.3. The second-order valence-electron chi connectivity index (χ2n) is 16.6. The zero-order chi connectivity index (χ0) is 39.6. The first-order chi connectivity index (χ1) is 26.4. The van der Waals surface area contributed by atoms with Gasteiger partial charge in [0.15, 0.2) is 0 Å². The fraction of sp³-hybridized carbons (Fsp3) is 0.917. The Morgan fingerprint density at radius 1 is 0.463 bits per heavy atom. The van der Waals surface area contributed by atoms with E-state index in [-0.39, 0.29) is 18.0 Å². The first kappa shape index (κ1) is 52.4. The van der Waals surface area contributed by atoms with Crippen molar-refractivity contribution in [2.45, 2.75) is 258 Å². The number of nitrogens with two attached hydrogens (primary N) is 1. The van der Waals surface area contributed by atoms with Crippen LogP contribution in [0, 0.1) is 0 Å². The number of rotatable bonds is 44. The van der Waals surface area contributed by atoms with E-state index in [1.165, 1.54) is 154 Å². The van der Waals surface area contributed by atoms with Crippen LogP contribution in [0.5, 0.6) is 0 Å². The molecule has 0 bridgehead atoms. The van der Waals surface area contributed by atoms with Crippen molar-refractivity contribution >= 4 is 11.9 Å². The average Bonchev–Trinajstić information content (AvgIpc) is 3.15. The van der Waals surface area contributed by atoms with Crippen LogP contribution < -0.4 is 5.73 Å². The Morgan fingerprint density at radius 3 is 1.28 bits per heavy atom. The van der Waals surface area contributed by atoms with Gasteiger partial charge in [-0.2, -0.15) is 0 Å². The minimum atomic E-state index is -0.0153. The van der Waals surface area contributed by atoms with E-state index in [9.17, 15) is 9.59 Å². The van der Waals surface area contributed by atoms with Crippen molar-refractivity contribution in [1.29, 1.82) is 0 Å². The smallest absolute Gasteiger partial charge is 0.306 e. The van der Waals surface area contributed by atoms with Gasteiger partial charge in [0.05, 0.1) is 6.61 Å². The molecule has 0 radical (unpaired) electrons. The first-order valence-electron chi connectivity index (χ1n) is 23.9. The van der Waals surface area contributed by atoms with Crippen LogP contribution in [0.3, 0.4) is 0 Å². The van der Waals surface area contributed by atoms with Gasteiger partial charge in [-0.1, -0.05) is 169 Å². The Morgan fingerprint density at radius 2 is 0.815 bits per heavy atom. The van der Waals surface area contributed by atoms with E-state index < -0.39 is 0 Å². The topological polar surface area (TPSA) is 81.9 Å². The van der Waals surface area contributed by atoms with E-state index in [1.807, 2.05) is 0 Å². The largest absolute Gasteiger partial charge is 0.466 e. The number of ether oxygens (including phenoxy) is 2. The molecule has 0 aliphatic carbocycles. The molecule has 2 N–H and O–H groups in total. The maximum Gasteiger partial charge on any atom is 0.306 e. The predicted molar refractivity (Wildman–Crippen MR) is 234 cm³/mol. The van der Waals surface area contributed by atoms with E-state index in [4.69, 9.17) is 15.2 Å². The molecule has 0 aromatic carbocycles. The molecule has 0 rings (SSSR count). The summed E-state index contributed by atoms with van der Waals surface area (Å²) in [6.07, 6.45) is 42.0. The Hall–Kier alpha value is -1.56. The molecule has 0 atom stereocenters. The highest BCUT2D eigenvalue weighted by Gasteiger charge is 2.14. The third kappa shape index (κ3) is 40.1. The van der Waals surface area contributed by atoms with Gasteiger partial charge in [-0.05, 0) is 96.7 Å². The van der Waals surface area contributed by atoms with Crippen LogP contribution in [0.1, 0.15) is 252 Å². The molecule has 6 heteroatoms. The molecule has 0 heterocycles. The normalized spacial score (nSPS) is 11.5. The van der Waals surface area contributed by atoms with Crippen LogP contribution >= 0.6 is 0 Å². The summed E-state index contributed by atoms with van der Waals surface area (Å²) in [5, 5.41) is 0. The quantitative estimate of drug-likeness (QED) is 0.0492. The van der Waals surface area contributed by atoms with Gasteiger partial charge in [-0.3, -0.25) is 9.59 Å². The third-order valence-corrected chi connectivity index (χ3v) is 11.0. The fourth-order valence-electron chi connectivity index (χ4n) is 7.42. The van der Waals surface area contributed by atoms with Crippen LogP contribution in [0.2, 0.25) is 0 Å². The SMILES string of the molecule is C=C(N)CCCCN(CCCCCCCC(=O)OCCCCCCCCC)CCCCCCCC(=O)OC(CCCCCCCC)CCCCCCCC. The number of allylic oxidation sites excluding steroid dienone is 1. The molecule has 0 aromatic heterocycles. The van der Waals surface area contributed by atoms with Gasteiger partial charge in [0.2, 0.25) is 0 Å². The fourth-order valence-corrected chi connectivity index (χ4v) is 7.42. The molecule has 0 fully saturated rings. The molecule has 0 unspecified atom stereocenters. The van der Waals surface area contributed by atoms with E-state index in [0.29, 0.717) is 19.4 Å². The standard InChI is InChI=1S/C48H94N2O4/c1-5-8-11-14-17-26-35-44-53-47(51)39-29-22-18-24-32-41-50(43-34-31-36-45(4)49)42-33-25-19-23-30-40-48(52)54-46(37-27-20-15-12-9-6-2)38-28-21-16-13-10-7-3/h46H,4-44,49H2,1-3H3. The summed E-state index contributed by atoms with van der Waals surface area (Å²) in [6, 6.07) is 0. The maximum atomic E-state index is 12.8. The highest BCUT2D eigenvalue weighted by Crippen LogP contribution is 2.19. The number of esters is 2. The van der Waals surface area contributed by atoms with Crippen LogP contribution in [-0.4, -0.2) is 49.2 Å². The molecule has 320 valence electrons. The van der Waals surface area contributed by atoms with E-state index >= 15 is 0 Å². The molecule has 0 saturated heterocycles. The Bertz CT molecular complexity index is 803. The number of unbranched alkanes of at least 4 members (excludes halogenated alkanes) is 25. The molecule has 54 heavy (non-hydrogen) atoms. The summed E-state index contributed by atoms with van der Waals surface area (Å²) in [5.41, 5.74) is 6.60. The van der Waals surface area contributed by atoms with Gasteiger partial charge in [0, 0.05) is 18.5 Å². The second-order valence-corrected chi connectivity index (χ2v) is 16.6. The van der Waals surface area contributed by atoms with Crippen LogP contribution in [0.25, 0.3) is 0 Å². The molecule has 0 amide bonds. The molecule has 0 spiro atoms. The lowest BCUT2D eigenvalue weighted by molar-refractivity contribution is -0.150. The first-order valence-corrected chi connectivity index (χ1v) is 23.9. The van der Waals surface area contributed by atoms with Gasteiger partial charge >= 0.3 is 11.9 Å². The highest BCUT2D eigenvalue weighted by atomic mass is 16.5. The van der Waals surface area contributed by atoms with Crippen molar-refractivity contribution in [2.75, 3.05) is 26.2 Å². The molecule has 0 aromatic rings. The van der Waals surface area contributed by atoms with Gasteiger partial charge < -0.3 is 20.1 Å². The molecular weight excluding hydrogens is 669 g/mol. The third-order valence-electron chi connectivity index (χ3n) is 11.0. The van der Waals surface area contributed by atoms with Crippen LogP contribution in [-0.2, 0) is 19.1 Å². The maximum absolute atomic E-state index is 12.8. The molecule has 0 aliphatic rings.